The summed E-state index contributed by atoms with van der Waals surface area (Å²) in [6, 6.07) is 2.65. The Hall–Kier alpha value is -1.09. The topological polar surface area (TPSA) is 34.1 Å². The van der Waals surface area contributed by atoms with Crippen molar-refractivity contribution < 1.29 is 4.74 Å². The highest BCUT2D eigenvalue weighted by molar-refractivity contribution is 5.30. The van der Waals surface area contributed by atoms with Crippen LogP contribution in [-0.4, -0.2) is 18.6 Å². The molecule has 1 fully saturated rings. The quantitative estimate of drug-likeness (QED) is 0.776. The first-order valence-electron chi connectivity index (χ1n) is 5.05. The van der Waals surface area contributed by atoms with E-state index in [2.05, 4.69) is 16.4 Å². The van der Waals surface area contributed by atoms with Crippen molar-refractivity contribution in [3.05, 3.63) is 23.4 Å². The molecule has 0 aliphatic carbocycles. The Morgan fingerprint density at radius 3 is 3.00 bits per heavy atom. The maximum absolute atomic E-state index is 5.13. The first kappa shape index (κ1) is 9.46. The molecule has 1 N–H and O–H groups in total. The molecule has 2 rings (SSSR count). The van der Waals surface area contributed by atoms with Crippen molar-refractivity contribution in [3.8, 4) is 5.88 Å². The van der Waals surface area contributed by atoms with Gasteiger partial charge in [0, 0.05) is 17.8 Å². The van der Waals surface area contributed by atoms with Crippen molar-refractivity contribution in [1.82, 2.24) is 10.3 Å². The van der Waals surface area contributed by atoms with Gasteiger partial charge >= 0.3 is 0 Å². The van der Waals surface area contributed by atoms with Crippen LogP contribution in [0.15, 0.2) is 12.3 Å². The maximum atomic E-state index is 5.13. The van der Waals surface area contributed by atoms with Gasteiger partial charge in [-0.05, 0) is 37.9 Å². The Labute approximate surface area is 84.5 Å². The molecule has 1 aromatic heterocycles. The van der Waals surface area contributed by atoms with Gasteiger partial charge in [-0.25, -0.2) is 4.98 Å². The molecule has 1 aliphatic heterocycles. The Balaban J connectivity index is 2.23. The fraction of sp³-hybridized carbons (Fsp3) is 0.545. The van der Waals surface area contributed by atoms with Crippen LogP contribution in [0.3, 0.4) is 0 Å². The monoisotopic (exact) mass is 192 g/mol. The van der Waals surface area contributed by atoms with Gasteiger partial charge in [0.2, 0.25) is 5.88 Å². The molecule has 0 saturated carbocycles. The zero-order valence-electron chi connectivity index (χ0n) is 8.71. The number of methoxy groups -OCH3 is 1. The summed E-state index contributed by atoms with van der Waals surface area (Å²) >= 11 is 0. The molecule has 0 amide bonds. The number of aromatic nitrogens is 1. The third-order valence-electron chi connectivity index (χ3n) is 2.71. The Morgan fingerprint density at radius 1 is 1.57 bits per heavy atom. The highest BCUT2D eigenvalue weighted by Crippen LogP contribution is 2.25. The molecule has 0 radical (unpaired) electrons. The summed E-state index contributed by atoms with van der Waals surface area (Å²) in [6.45, 7) is 3.15. The molecule has 3 nitrogen and oxygen atoms in total. The lowest BCUT2D eigenvalue weighted by molar-refractivity contribution is 0.394. The average Bonchev–Trinajstić information content (AvgIpc) is 2.70. The van der Waals surface area contributed by atoms with Crippen molar-refractivity contribution in [2.45, 2.75) is 25.8 Å². The minimum absolute atomic E-state index is 0.493. The first-order valence-corrected chi connectivity index (χ1v) is 5.05. The molecule has 3 heteroatoms. The van der Waals surface area contributed by atoms with E-state index in [4.69, 9.17) is 4.74 Å². The van der Waals surface area contributed by atoms with E-state index in [1.165, 1.54) is 18.4 Å². The number of ether oxygens (including phenoxy) is 1. The van der Waals surface area contributed by atoms with E-state index >= 15 is 0 Å². The Kier molecular flexibility index (Phi) is 2.68. The summed E-state index contributed by atoms with van der Waals surface area (Å²) in [6.07, 6.45) is 4.39. The number of pyridine rings is 1. The lowest BCUT2D eigenvalue weighted by Gasteiger charge is -2.12. The highest BCUT2D eigenvalue weighted by Gasteiger charge is 2.17. The van der Waals surface area contributed by atoms with E-state index in [1.807, 2.05) is 13.1 Å². The van der Waals surface area contributed by atoms with Gasteiger partial charge in [-0.15, -0.1) is 0 Å². The molecule has 1 aromatic rings. The third-order valence-corrected chi connectivity index (χ3v) is 2.71. The van der Waals surface area contributed by atoms with Crippen LogP contribution in [0, 0.1) is 6.92 Å². The number of hydrogen-bond acceptors (Lipinski definition) is 3. The van der Waals surface area contributed by atoms with Gasteiger partial charge in [0.05, 0.1) is 7.11 Å². The lowest BCUT2D eigenvalue weighted by atomic mass is 10.1. The predicted molar refractivity (Wildman–Crippen MR) is 55.5 cm³/mol. The van der Waals surface area contributed by atoms with E-state index in [1.54, 1.807) is 7.11 Å². The first-order chi connectivity index (χ1) is 6.81. The van der Waals surface area contributed by atoms with Crippen LogP contribution in [0.5, 0.6) is 5.88 Å². The molecule has 1 aliphatic rings. The van der Waals surface area contributed by atoms with E-state index in [-0.39, 0.29) is 0 Å². The zero-order valence-corrected chi connectivity index (χ0v) is 8.71. The van der Waals surface area contributed by atoms with Gasteiger partial charge < -0.3 is 10.1 Å². The summed E-state index contributed by atoms with van der Waals surface area (Å²) < 4.78 is 5.13. The Morgan fingerprint density at radius 2 is 2.43 bits per heavy atom. The zero-order chi connectivity index (χ0) is 9.97. The van der Waals surface area contributed by atoms with Crippen LogP contribution in [0.2, 0.25) is 0 Å². The van der Waals surface area contributed by atoms with E-state index in [0.29, 0.717) is 6.04 Å². The predicted octanol–water partition coefficient (Wildman–Crippen LogP) is 1.82. The summed E-state index contributed by atoms with van der Waals surface area (Å²) in [5.41, 5.74) is 2.39. The van der Waals surface area contributed by atoms with Crippen LogP contribution in [0.4, 0.5) is 0 Å². The lowest BCUT2D eigenvalue weighted by Crippen LogP contribution is -2.13. The van der Waals surface area contributed by atoms with Crippen molar-refractivity contribution in [3.63, 3.8) is 0 Å². The fourth-order valence-electron chi connectivity index (χ4n) is 1.96. The Bertz CT molecular complexity index is 319. The second kappa shape index (κ2) is 3.96. The summed E-state index contributed by atoms with van der Waals surface area (Å²) in [5, 5.41) is 3.46. The minimum atomic E-state index is 0.493. The molecule has 1 saturated heterocycles. The van der Waals surface area contributed by atoms with Crippen LogP contribution < -0.4 is 10.1 Å². The molecular formula is C11H16N2O. The maximum Gasteiger partial charge on any atom is 0.215 e. The van der Waals surface area contributed by atoms with Crippen LogP contribution in [0.25, 0.3) is 0 Å². The van der Waals surface area contributed by atoms with Gasteiger partial charge in [0.15, 0.2) is 0 Å². The fourth-order valence-corrected chi connectivity index (χ4v) is 1.96. The molecule has 0 unspecified atom stereocenters. The van der Waals surface area contributed by atoms with Gasteiger partial charge in [-0.1, -0.05) is 0 Å². The summed E-state index contributed by atoms with van der Waals surface area (Å²) in [5.74, 6) is 0.728. The van der Waals surface area contributed by atoms with E-state index in [9.17, 15) is 0 Å². The number of aryl methyl sites for hydroxylation is 1. The van der Waals surface area contributed by atoms with Crippen molar-refractivity contribution in [2.75, 3.05) is 13.7 Å². The number of nitrogens with one attached hydrogen (secondary N) is 1. The van der Waals surface area contributed by atoms with Crippen molar-refractivity contribution in [2.24, 2.45) is 0 Å². The van der Waals surface area contributed by atoms with Crippen LogP contribution in [-0.2, 0) is 0 Å². The highest BCUT2D eigenvalue weighted by atomic mass is 16.5. The number of nitrogens with zero attached hydrogens (tertiary/aromatic N) is 1. The van der Waals surface area contributed by atoms with Crippen LogP contribution in [0.1, 0.15) is 30.0 Å². The molecule has 1 atom stereocenters. The number of hydrogen-bond donors (Lipinski definition) is 1. The van der Waals surface area contributed by atoms with Gasteiger partial charge in [0.25, 0.3) is 0 Å². The SMILES string of the molecule is COc1ncc([C@@H]2CCCN2)cc1C. The average molecular weight is 192 g/mol. The minimum Gasteiger partial charge on any atom is -0.481 e. The van der Waals surface area contributed by atoms with Gasteiger partial charge in [-0.2, -0.15) is 0 Å². The summed E-state index contributed by atoms with van der Waals surface area (Å²) in [7, 11) is 1.66. The second-order valence-electron chi connectivity index (χ2n) is 3.74. The molecule has 0 bridgehead atoms. The second-order valence-corrected chi connectivity index (χ2v) is 3.74. The number of rotatable bonds is 2. The van der Waals surface area contributed by atoms with E-state index < -0.39 is 0 Å². The molecule has 14 heavy (non-hydrogen) atoms. The van der Waals surface area contributed by atoms with Crippen molar-refractivity contribution in [1.29, 1.82) is 0 Å². The third kappa shape index (κ3) is 1.73. The van der Waals surface area contributed by atoms with Gasteiger partial charge in [0.1, 0.15) is 0 Å². The molecular weight excluding hydrogens is 176 g/mol. The van der Waals surface area contributed by atoms with E-state index in [0.717, 1.165) is 18.0 Å². The van der Waals surface area contributed by atoms with Crippen LogP contribution >= 0.6 is 0 Å². The van der Waals surface area contributed by atoms with Crippen molar-refractivity contribution >= 4 is 0 Å². The normalized spacial score (nSPS) is 21.1. The largest absolute Gasteiger partial charge is 0.481 e. The standard InChI is InChI=1S/C11H16N2O/c1-8-6-9(7-13-11(8)14-2)10-4-3-5-12-10/h6-7,10,12H,3-5H2,1-2H3/t10-/m0/s1. The van der Waals surface area contributed by atoms with Gasteiger partial charge in [-0.3, -0.25) is 0 Å². The molecule has 0 spiro atoms. The molecule has 0 aromatic carbocycles. The summed E-state index contributed by atoms with van der Waals surface area (Å²) in [4.78, 5) is 4.28. The molecule has 76 valence electrons. The smallest absolute Gasteiger partial charge is 0.215 e. The molecule has 2 heterocycles.